The van der Waals surface area contributed by atoms with Crippen LogP contribution in [0.5, 0.6) is 0 Å². The first-order chi connectivity index (χ1) is 9.04. The number of benzene rings is 1. The van der Waals surface area contributed by atoms with E-state index in [1.807, 2.05) is 0 Å². The van der Waals surface area contributed by atoms with E-state index >= 15 is 0 Å². The number of carbonyl (C=O) groups is 3. The van der Waals surface area contributed by atoms with Crippen molar-refractivity contribution in [3.8, 4) is 0 Å². The van der Waals surface area contributed by atoms with Crippen LogP contribution in [-0.4, -0.2) is 43.0 Å². The third-order valence-electron chi connectivity index (χ3n) is 2.99. The summed E-state index contributed by atoms with van der Waals surface area (Å²) in [5.74, 6) is -0.691. The van der Waals surface area contributed by atoms with Crippen molar-refractivity contribution >= 4 is 23.6 Å². The van der Waals surface area contributed by atoms with Gasteiger partial charge in [0.2, 0.25) is 5.91 Å². The van der Waals surface area contributed by atoms with Crippen molar-refractivity contribution in [2.45, 2.75) is 6.92 Å². The summed E-state index contributed by atoms with van der Waals surface area (Å²) in [5.41, 5.74) is 1.07. The molecule has 0 saturated carbocycles. The second kappa shape index (κ2) is 5.09. The van der Waals surface area contributed by atoms with Gasteiger partial charge in [-0.3, -0.25) is 14.6 Å². The van der Waals surface area contributed by atoms with Gasteiger partial charge in [0.1, 0.15) is 0 Å². The predicted molar refractivity (Wildman–Crippen MR) is 67.9 cm³/mol. The molecule has 0 radical (unpaired) electrons. The Hall–Kier alpha value is -2.37. The maximum Gasteiger partial charge on any atom is 0.337 e. The second-order valence-corrected chi connectivity index (χ2v) is 4.14. The predicted octanol–water partition coefficient (Wildman–Crippen LogP) is 1.26. The van der Waals surface area contributed by atoms with E-state index in [0.717, 1.165) is 0 Å². The minimum absolute atomic E-state index is 0.265. The fourth-order valence-corrected chi connectivity index (χ4v) is 1.96. The van der Waals surface area contributed by atoms with Crippen molar-refractivity contribution in [2.24, 2.45) is 0 Å². The van der Waals surface area contributed by atoms with Crippen LogP contribution in [0.4, 0.5) is 10.5 Å². The Morgan fingerprint density at radius 2 is 1.79 bits per heavy atom. The smallest absolute Gasteiger partial charge is 0.337 e. The first-order valence-corrected chi connectivity index (χ1v) is 5.82. The van der Waals surface area contributed by atoms with Crippen LogP contribution in [0.15, 0.2) is 24.3 Å². The molecule has 2 rings (SSSR count). The SMILES string of the molecule is COC(=O)c1ccc(N2CCN(C(C)=O)C2=O)cc1. The molecule has 6 nitrogen and oxygen atoms in total. The van der Waals surface area contributed by atoms with Gasteiger partial charge >= 0.3 is 12.0 Å². The summed E-state index contributed by atoms with van der Waals surface area (Å²) in [6, 6.07) is 6.16. The Labute approximate surface area is 110 Å². The molecule has 19 heavy (non-hydrogen) atoms. The zero-order valence-electron chi connectivity index (χ0n) is 10.8. The molecule has 3 amide bonds. The van der Waals surface area contributed by atoms with Crippen LogP contribution in [0.2, 0.25) is 0 Å². The van der Waals surface area contributed by atoms with Crippen LogP contribution in [0.1, 0.15) is 17.3 Å². The monoisotopic (exact) mass is 262 g/mol. The summed E-state index contributed by atoms with van der Waals surface area (Å²) < 4.78 is 4.60. The average molecular weight is 262 g/mol. The molecule has 1 heterocycles. The second-order valence-electron chi connectivity index (χ2n) is 4.14. The lowest BCUT2D eigenvalue weighted by atomic mass is 10.2. The van der Waals surface area contributed by atoms with Gasteiger partial charge in [-0.05, 0) is 24.3 Å². The molecule has 0 bridgehead atoms. The van der Waals surface area contributed by atoms with E-state index in [-0.39, 0.29) is 11.9 Å². The Kier molecular flexibility index (Phi) is 3.50. The zero-order chi connectivity index (χ0) is 14.0. The van der Waals surface area contributed by atoms with E-state index in [2.05, 4.69) is 4.74 Å². The molecule has 1 aliphatic rings. The lowest BCUT2D eigenvalue weighted by Gasteiger charge is -2.16. The highest BCUT2D eigenvalue weighted by molar-refractivity contribution is 6.04. The minimum atomic E-state index is -0.426. The summed E-state index contributed by atoms with van der Waals surface area (Å²) >= 11 is 0. The first kappa shape index (κ1) is 13.1. The van der Waals surface area contributed by atoms with Crippen molar-refractivity contribution in [1.82, 2.24) is 4.90 Å². The van der Waals surface area contributed by atoms with Gasteiger partial charge in [0.15, 0.2) is 0 Å². The molecule has 1 fully saturated rings. The van der Waals surface area contributed by atoms with Crippen LogP contribution in [-0.2, 0) is 9.53 Å². The molecule has 0 atom stereocenters. The first-order valence-electron chi connectivity index (χ1n) is 5.82. The van der Waals surface area contributed by atoms with Crippen molar-refractivity contribution in [3.63, 3.8) is 0 Å². The number of ether oxygens (including phenoxy) is 1. The van der Waals surface area contributed by atoms with Crippen molar-refractivity contribution in [3.05, 3.63) is 29.8 Å². The molecule has 0 spiro atoms. The van der Waals surface area contributed by atoms with Crippen LogP contribution in [0.3, 0.4) is 0 Å². The number of hydrogen-bond acceptors (Lipinski definition) is 4. The lowest BCUT2D eigenvalue weighted by Crippen LogP contribution is -2.34. The van der Waals surface area contributed by atoms with E-state index in [1.54, 1.807) is 24.3 Å². The number of urea groups is 1. The Morgan fingerprint density at radius 3 is 2.26 bits per heavy atom. The molecule has 0 unspecified atom stereocenters. The van der Waals surface area contributed by atoms with Crippen molar-refractivity contribution in [2.75, 3.05) is 25.1 Å². The van der Waals surface area contributed by atoms with Crippen LogP contribution in [0, 0.1) is 0 Å². The van der Waals surface area contributed by atoms with Gasteiger partial charge in [-0.1, -0.05) is 0 Å². The zero-order valence-corrected chi connectivity index (χ0v) is 10.8. The van der Waals surface area contributed by atoms with E-state index in [9.17, 15) is 14.4 Å². The standard InChI is InChI=1S/C13H14N2O4/c1-9(16)14-7-8-15(13(14)18)11-5-3-10(4-6-11)12(17)19-2/h3-6H,7-8H2,1-2H3. The van der Waals surface area contributed by atoms with E-state index in [0.29, 0.717) is 24.3 Å². The molecular weight excluding hydrogens is 248 g/mol. The number of nitrogens with zero attached hydrogens (tertiary/aromatic N) is 2. The number of anilines is 1. The average Bonchev–Trinajstić information content (AvgIpc) is 2.80. The maximum atomic E-state index is 12.0. The largest absolute Gasteiger partial charge is 0.465 e. The van der Waals surface area contributed by atoms with Crippen LogP contribution in [0.25, 0.3) is 0 Å². The molecule has 0 aromatic heterocycles. The lowest BCUT2D eigenvalue weighted by molar-refractivity contribution is -0.125. The fourth-order valence-electron chi connectivity index (χ4n) is 1.96. The molecule has 1 aromatic carbocycles. The molecule has 1 saturated heterocycles. The summed E-state index contributed by atoms with van der Waals surface area (Å²) in [6.45, 7) is 2.20. The minimum Gasteiger partial charge on any atom is -0.465 e. The van der Waals surface area contributed by atoms with Gasteiger partial charge in [-0.15, -0.1) is 0 Å². The summed E-state index contributed by atoms with van der Waals surface area (Å²) in [4.78, 5) is 37.2. The number of hydrogen-bond donors (Lipinski definition) is 0. The molecule has 0 aliphatic carbocycles. The highest BCUT2D eigenvalue weighted by Crippen LogP contribution is 2.21. The topological polar surface area (TPSA) is 66.9 Å². The Bertz CT molecular complexity index is 524. The summed E-state index contributed by atoms with van der Waals surface area (Å²) in [7, 11) is 1.31. The van der Waals surface area contributed by atoms with Gasteiger partial charge in [0.25, 0.3) is 0 Å². The molecule has 6 heteroatoms. The fraction of sp³-hybridized carbons (Fsp3) is 0.308. The van der Waals surface area contributed by atoms with E-state index in [4.69, 9.17) is 0 Å². The number of imide groups is 1. The molecule has 1 aliphatic heterocycles. The molecule has 1 aromatic rings. The van der Waals surface area contributed by atoms with E-state index in [1.165, 1.54) is 23.8 Å². The normalized spacial score (nSPS) is 14.7. The highest BCUT2D eigenvalue weighted by Gasteiger charge is 2.31. The van der Waals surface area contributed by atoms with E-state index < -0.39 is 5.97 Å². The quantitative estimate of drug-likeness (QED) is 0.752. The maximum absolute atomic E-state index is 12.0. The molecular formula is C13H14N2O4. The highest BCUT2D eigenvalue weighted by atomic mass is 16.5. The van der Waals surface area contributed by atoms with Gasteiger partial charge in [-0.2, -0.15) is 0 Å². The van der Waals surface area contributed by atoms with Crippen LogP contribution < -0.4 is 4.90 Å². The summed E-state index contributed by atoms with van der Waals surface area (Å²) in [6.07, 6.45) is 0. The molecule has 0 N–H and O–H groups in total. The van der Waals surface area contributed by atoms with Crippen molar-refractivity contribution in [1.29, 1.82) is 0 Å². The number of amides is 3. The summed E-state index contributed by atoms with van der Waals surface area (Å²) in [5, 5.41) is 0. The third kappa shape index (κ3) is 2.42. The number of esters is 1. The van der Waals surface area contributed by atoms with Gasteiger partial charge in [-0.25, -0.2) is 9.59 Å². The van der Waals surface area contributed by atoms with Gasteiger partial charge in [0.05, 0.1) is 12.7 Å². The Morgan fingerprint density at radius 1 is 1.16 bits per heavy atom. The molecule has 100 valence electrons. The van der Waals surface area contributed by atoms with Gasteiger partial charge < -0.3 is 4.74 Å². The van der Waals surface area contributed by atoms with Gasteiger partial charge in [0, 0.05) is 25.7 Å². The number of methoxy groups -OCH3 is 1. The van der Waals surface area contributed by atoms with Crippen LogP contribution >= 0.6 is 0 Å². The number of carbonyl (C=O) groups excluding carboxylic acids is 3. The number of rotatable bonds is 2. The van der Waals surface area contributed by atoms with Crippen molar-refractivity contribution < 1.29 is 19.1 Å². The third-order valence-corrected chi connectivity index (χ3v) is 2.99. The Balaban J connectivity index is 2.18.